The van der Waals surface area contributed by atoms with Gasteiger partial charge in [-0.1, -0.05) is 84.9 Å². The lowest BCUT2D eigenvalue weighted by Gasteiger charge is -2.11. The molecule has 0 saturated heterocycles. The lowest BCUT2D eigenvalue weighted by molar-refractivity contribution is 0.477. The number of fused-ring (bicyclic) bond motifs is 6. The summed E-state index contributed by atoms with van der Waals surface area (Å²) in [6.07, 6.45) is 0. The molecule has 0 aliphatic heterocycles. The monoisotopic (exact) mass is 513 g/mol. The predicted octanol–water partition coefficient (Wildman–Crippen LogP) is 8.92. The molecule has 8 aromatic rings. The number of phenols is 1. The molecule has 0 aliphatic carbocycles. The van der Waals surface area contributed by atoms with Gasteiger partial charge in [0, 0.05) is 38.4 Å². The second kappa shape index (κ2) is 8.79. The van der Waals surface area contributed by atoms with Gasteiger partial charge in [-0.3, -0.25) is 0 Å². The molecule has 4 nitrogen and oxygen atoms in total. The van der Waals surface area contributed by atoms with Crippen molar-refractivity contribution in [3.63, 3.8) is 0 Å². The number of benzene rings is 5. The molecule has 0 unspecified atom stereocenters. The third-order valence-electron chi connectivity index (χ3n) is 7.68. The number of aromatic nitrogens is 3. The van der Waals surface area contributed by atoms with Gasteiger partial charge in [0.15, 0.2) is 0 Å². The Hall–Kier alpha value is -5.48. The second-order valence-electron chi connectivity index (χ2n) is 10.0. The average molecular weight is 514 g/mol. The van der Waals surface area contributed by atoms with Crippen LogP contribution in [-0.4, -0.2) is 19.6 Å². The SMILES string of the molecule is Oc1ccccc1-c1ccc2ccc3ccc(-c4cccc(-n5c6ccccc6c6ccccc65)c4)nc3c2n1. The predicted molar refractivity (Wildman–Crippen MR) is 164 cm³/mol. The van der Waals surface area contributed by atoms with Crippen molar-refractivity contribution >= 4 is 43.6 Å². The van der Waals surface area contributed by atoms with Crippen LogP contribution < -0.4 is 0 Å². The van der Waals surface area contributed by atoms with E-state index in [1.54, 1.807) is 6.07 Å². The zero-order chi connectivity index (χ0) is 26.6. The van der Waals surface area contributed by atoms with Crippen LogP contribution in [0.5, 0.6) is 5.75 Å². The smallest absolute Gasteiger partial charge is 0.124 e. The minimum atomic E-state index is 0.213. The third-order valence-corrected chi connectivity index (χ3v) is 7.68. The normalized spacial score (nSPS) is 11.6. The standard InChI is InChI=1S/C36H23N3O/c40-34-15-6-3-12-29(34)31-21-19-24-17-16-23-18-20-30(37-35(23)36(24)38-31)25-8-7-9-26(22-25)39-32-13-4-1-10-27(32)28-11-2-5-14-33(28)39/h1-22,40H. The van der Waals surface area contributed by atoms with E-state index in [9.17, 15) is 5.11 Å². The number of aromatic hydroxyl groups is 1. The van der Waals surface area contributed by atoms with Gasteiger partial charge >= 0.3 is 0 Å². The number of hydrogen-bond donors (Lipinski definition) is 1. The second-order valence-corrected chi connectivity index (χ2v) is 10.0. The van der Waals surface area contributed by atoms with Gasteiger partial charge in [-0.2, -0.15) is 0 Å². The topological polar surface area (TPSA) is 50.9 Å². The van der Waals surface area contributed by atoms with E-state index in [4.69, 9.17) is 9.97 Å². The maximum Gasteiger partial charge on any atom is 0.124 e. The van der Waals surface area contributed by atoms with Crippen LogP contribution in [0.3, 0.4) is 0 Å². The van der Waals surface area contributed by atoms with Gasteiger partial charge in [0.05, 0.1) is 33.5 Å². The molecule has 40 heavy (non-hydrogen) atoms. The molecule has 0 spiro atoms. The Morgan fingerprint density at radius 1 is 0.500 bits per heavy atom. The highest BCUT2D eigenvalue weighted by atomic mass is 16.3. The molecular formula is C36H23N3O. The Balaban J connectivity index is 1.31. The molecule has 188 valence electrons. The molecule has 0 atom stereocenters. The molecule has 0 aliphatic rings. The van der Waals surface area contributed by atoms with Crippen LogP contribution in [0.2, 0.25) is 0 Å². The van der Waals surface area contributed by atoms with E-state index in [0.29, 0.717) is 5.56 Å². The van der Waals surface area contributed by atoms with Crippen LogP contribution >= 0.6 is 0 Å². The number of hydrogen-bond acceptors (Lipinski definition) is 3. The van der Waals surface area contributed by atoms with Gasteiger partial charge in [-0.25, -0.2) is 9.97 Å². The van der Waals surface area contributed by atoms with Crippen LogP contribution in [0.4, 0.5) is 0 Å². The maximum atomic E-state index is 10.4. The zero-order valence-corrected chi connectivity index (χ0v) is 21.5. The summed E-state index contributed by atoms with van der Waals surface area (Å²) in [5, 5.41) is 14.9. The van der Waals surface area contributed by atoms with Gasteiger partial charge in [0.25, 0.3) is 0 Å². The first-order chi connectivity index (χ1) is 19.7. The van der Waals surface area contributed by atoms with Crippen LogP contribution in [0.15, 0.2) is 133 Å². The Labute approximate surface area is 230 Å². The molecule has 0 bridgehead atoms. The Kier molecular flexibility index (Phi) is 4.94. The number of nitrogens with zero attached hydrogens (tertiary/aromatic N) is 3. The maximum absolute atomic E-state index is 10.4. The van der Waals surface area contributed by atoms with Gasteiger partial charge in [0.2, 0.25) is 0 Å². The fraction of sp³-hybridized carbons (Fsp3) is 0. The van der Waals surface area contributed by atoms with Crippen molar-refractivity contribution in [2.75, 3.05) is 0 Å². The highest BCUT2D eigenvalue weighted by Gasteiger charge is 2.14. The molecule has 3 heterocycles. The molecule has 8 rings (SSSR count). The zero-order valence-electron chi connectivity index (χ0n) is 21.5. The average Bonchev–Trinajstić information content (AvgIpc) is 3.35. The number of para-hydroxylation sites is 3. The number of rotatable bonds is 3. The van der Waals surface area contributed by atoms with E-state index in [1.165, 1.54) is 21.8 Å². The summed E-state index contributed by atoms with van der Waals surface area (Å²) in [5.41, 5.74) is 8.46. The molecular weight excluding hydrogens is 490 g/mol. The summed E-state index contributed by atoms with van der Waals surface area (Å²) >= 11 is 0. The van der Waals surface area contributed by atoms with Gasteiger partial charge < -0.3 is 9.67 Å². The minimum Gasteiger partial charge on any atom is -0.507 e. The first kappa shape index (κ1) is 22.5. The molecule has 4 heteroatoms. The first-order valence-corrected chi connectivity index (χ1v) is 13.3. The van der Waals surface area contributed by atoms with Gasteiger partial charge in [-0.15, -0.1) is 0 Å². The van der Waals surface area contributed by atoms with Crippen molar-refractivity contribution in [1.82, 2.24) is 14.5 Å². The van der Waals surface area contributed by atoms with Gasteiger partial charge in [-0.05, 0) is 48.5 Å². The number of phenolic OH excluding ortho intramolecular Hbond substituents is 1. The lowest BCUT2D eigenvalue weighted by atomic mass is 10.0. The Morgan fingerprint density at radius 2 is 1.07 bits per heavy atom. The van der Waals surface area contributed by atoms with Crippen LogP contribution in [0.25, 0.3) is 71.8 Å². The van der Waals surface area contributed by atoms with E-state index in [2.05, 4.69) is 102 Å². The molecule has 0 radical (unpaired) electrons. The van der Waals surface area contributed by atoms with Crippen molar-refractivity contribution in [2.24, 2.45) is 0 Å². The fourth-order valence-electron chi connectivity index (χ4n) is 5.77. The highest BCUT2D eigenvalue weighted by molar-refractivity contribution is 6.09. The molecule has 0 fully saturated rings. The molecule has 3 aromatic heterocycles. The summed E-state index contributed by atoms with van der Waals surface area (Å²) < 4.78 is 2.32. The molecule has 0 saturated carbocycles. The molecule has 1 N–H and O–H groups in total. The highest BCUT2D eigenvalue weighted by Crippen LogP contribution is 2.34. The van der Waals surface area contributed by atoms with E-state index in [-0.39, 0.29) is 5.75 Å². The third kappa shape index (κ3) is 3.47. The fourth-order valence-corrected chi connectivity index (χ4v) is 5.77. The van der Waals surface area contributed by atoms with Crippen molar-refractivity contribution in [2.45, 2.75) is 0 Å². The van der Waals surface area contributed by atoms with E-state index in [0.717, 1.165) is 44.4 Å². The van der Waals surface area contributed by atoms with Crippen molar-refractivity contribution < 1.29 is 5.11 Å². The molecule has 0 amide bonds. The molecule has 5 aromatic carbocycles. The lowest BCUT2D eigenvalue weighted by Crippen LogP contribution is -1.95. The van der Waals surface area contributed by atoms with Crippen molar-refractivity contribution in [1.29, 1.82) is 0 Å². The summed E-state index contributed by atoms with van der Waals surface area (Å²) in [7, 11) is 0. The summed E-state index contributed by atoms with van der Waals surface area (Å²) in [4.78, 5) is 10.1. The Bertz CT molecular complexity index is 2190. The quantitative estimate of drug-likeness (QED) is 0.240. The van der Waals surface area contributed by atoms with E-state index in [1.807, 2.05) is 30.3 Å². The van der Waals surface area contributed by atoms with Crippen molar-refractivity contribution in [3.05, 3.63) is 133 Å². The summed E-state index contributed by atoms with van der Waals surface area (Å²) in [6, 6.07) is 45.3. The van der Waals surface area contributed by atoms with Crippen LogP contribution in [0, 0.1) is 0 Å². The van der Waals surface area contributed by atoms with Crippen LogP contribution in [0.1, 0.15) is 0 Å². The first-order valence-electron chi connectivity index (χ1n) is 13.3. The number of pyridine rings is 2. The van der Waals surface area contributed by atoms with Gasteiger partial charge in [0.1, 0.15) is 5.75 Å². The summed E-state index contributed by atoms with van der Waals surface area (Å²) in [5.74, 6) is 0.213. The largest absolute Gasteiger partial charge is 0.507 e. The summed E-state index contributed by atoms with van der Waals surface area (Å²) in [6.45, 7) is 0. The Morgan fingerprint density at radius 3 is 1.77 bits per heavy atom. The minimum absolute atomic E-state index is 0.213. The van der Waals surface area contributed by atoms with Crippen LogP contribution in [-0.2, 0) is 0 Å². The van der Waals surface area contributed by atoms with E-state index >= 15 is 0 Å². The van der Waals surface area contributed by atoms with Crippen molar-refractivity contribution in [3.8, 4) is 34.0 Å². The van der Waals surface area contributed by atoms with E-state index < -0.39 is 0 Å².